The van der Waals surface area contributed by atoms with Gasteiger partial charge in [0.05, 0.1) is 5.52 Å². The molecule has 2 amide bonds. The molecule has 40 heavy (non-hydrogen) atoms. The maximum absolute atomic E-state index is 14.1. The van der Waals surface area contributed by atoms with Crippen LogP contribution < -0.4 is 14.8 Å². The Morgan fingerprint density at radius 3 is 2.60 bits per heavy atom. The summed E-state index contributed by atoms with van der Waals surface area (Å²) in [5.74, 6) is 0.161. The summed E-state index contributed by atoms with van der Waals surface area (Å²) in [7, 11) is 0. The molecule has 1 aliphatic heterocycles. The Bertz CT molecular complexity index is 1520. The van der Waals surface area contributed by atoms with Gasteiger partial charge in [-0.05, 0) is 60.4 Å². The minimum absolute atomic E-state index is 0.0333. The lowest BCUT2D eigenvalue weighted by atomic mass is 9.94. The number of nitrogens with one attached hydrogen (secondary N) is 1. The molecular weight excluding hydrogens is 513 g/mol. The number of hydrogen-bond donors (Lipinski definition) is 1. The smallest absolute Gasteiger partial charge is 0.247 e. The first-order chi connectivity index (χ1) is 19.5. The quantitative estimate of drug-likeness (QED) is 0.351. The van der Waals surface area contributed by atoms with Crippen LogP contribution in [0.2, 0.25) is 0 Å². The van der Waals surface area contributed by atoms with Crippen molar-refractivity contribution in [3.63, 3.8) is 0 Å². The topological polar surface area (TPSA) is 98.6 Å². The van der Waals surface area contributed by atoms with Gasteiger partial charge in [0.1, 0.15) is 23.9 Å². The number of rotatable bonds is 8. The van der Waals surface area contributed by atoms with Gasteiger partial charge in [-0.25, -0.2) is 9.07 Å². The second-order valence-electron chi connectivity index (χ2n) is 10.2. The molecule has 0 saturated heterocycles. The van der Waals surface area contributed by atoms with Crippen molar-refractivity contribution in [3.05, 3.63) is 83.7 Å². The molecule has 0 radical (unpaired) electrons. The molecule has 0 spiro atoms. The lowest BCUT2D eigenvalue weighted by molar-refractivity contribution is -0.142. The Balaban J connectivity index is 1.37. The van der Waals surface area contributed by atoms with Gasteiger partial charge in [-0.15, -0.1) is 5.10 Å². The van der Waals surface area contributed by atoms with Crippen molar-refractivity contribution in [2.24, 2.45) is 0 Å². The monoisotopic (exact) mass is 543 g/mol. The lowest BCUT2D eigenvalue weighted by Crippen LogP contribution is -2.47. The molecule has 1 aliphatic carbocycles. The molecule has 9 nitrogen and oxygen atoms in total. The SMILES string of the molecule is O=C(NC1CCCCC1)[C@@H](c1ccc(F)cc1)N(Cc1ccc2c(c1)OCO2)C(=O)Cn1nnc2ccccc21. The van der Waals surface area contributed by atoms with E-state index in [0.717, 1.165) is 37.7 Å². The largest absolute Gasteiger partial charge is 0.454 e. The number of halogens is 1. The van der Waals surface area contributed by atoms with Gasteiger partial charge in [0.2, 0.25) is 18.6 Å². The first kappa shape index (κ1) is 25.8. The van der Waals surface area contributed by atoms with E-state index in [2.05, 4.69) is 15.6 Å². The number of aromatic nitrogens is 3. The fraction of sp³-hybridized carbons (Fsp3) is 0.333. The summed E-state index contributed by atoms with van der Waals surface area (Å²) in [4.78, 5) is 29.6. The number of fused-ring (bicyclic) bond motifs is 2. The molecule has 0 bridgehead atoms. The summed E-state index contributed by atoms with van der Waals surface area (Å²) < 4.78 is 26.5. The summed E-state index contributed by atoms with van der Waals surface area (Å²) in [6.45, 7) is 0.116. The van der Waals surface area contributed by atoms with Crippen LogP contribution in [0.15, 0.2) is 66.7 Å². The van der Waals surface area contributed by atoms with Crippen molar-refractivity contribution in [3.8, 4) is 11.5 Å². The van der Waals surface area contributed by atoms with Crippen LogP contribution in [0.3, 0.4) is 0 Å². The highest BCUT2D eigenvalue weighted by molar-refractivity contribution is 5.89. The summed E-state index contributed by atoms with van der Waals surface area (Å²) in [5.41, 5.74) is 2.66. The maximum Gasteiger partial charge on any atom is 0.247 e. The van der Waals surface area contributed by atoms with E-state index in [9.17, 15) is 14.0 Å². The molecule has 1 aromatic heterocycles. The summed E-state index contributed by atoms with van der Waals surface area (Å²) in [6, 6.07) is 17.6. The van der Waals surface area contributed by atoms with Crippen LogP contribution in [0.25, 0.3) is 11.0 Å². The van der Waals surface area contributed by atoms with Crippen molar-refractivity contribution in [1.82, 2.24) is 25.2 Å². The molecule has 6 rings (SSSR count). The third kappa shape index (κ3) is 5.47. The zero-order valence-corrected chi connectivity index (χ0v) is 22.0. The highest BCUT2D eigenvalue weighted by atomic mass is 19.1. The van der Waals surface area contributed by atoms with E-state index in [1.54, 1.807) is 18.2 Å². The van der Waals surface area contributed by atoms with Crippen LogP contribution in [0, 0.1) is 5.82 Å². The molecule has 10 heteroatoms. The Labute approximate surface area is 230 Å². The summed E-state index contributed by atoms with van der Waals surface area (Å²) >= 11 is 0. The number of carbonyl (C=O) groups excluding carboxylic acids is 2. The van der Waals surface area contributed by atoms with E-state index in [1.165, 1.54) is 21.7 Å². The van der Waals surface area contributed by atoms with Gasteiger partial charge < -0.3 is 19.7 Å². The Morgan fingerprint density at radius 2 is 1.77 bits per heavy atom. The highest BCUT2D eigenvalue weighted by Gasteiger charge is 2.34. The molecule has 1 N–H and O–H groups in total. The number of amides is 2. The molecule has 0 unspecified atom stereocenters. The highest BCUT2D eigenvalue weighted by Crippen LogP contribution is 2.34. The predicted octanol–water partition coefficient (Wildman–Crippen LogP) is 4.52. The van der Waals surface area contributed by atoms with Gasteiger partial charge in [-0.3, -0.25) is 9.59 Å². The predicted molar refractivity (Wildman–Crippen MR) is 145 cm³/mol. The van der Waals surface area contributed by atoms with Crippen LogP contribution in [0.1, 0.15) is 49.3 Å². The van der Waals surface area contributed by atoms with Crippen molar-refractivity contribution in [2.75, 3.05) is 6.79 Å². The van der Waals surface area contributed by atoms with Gasteiger partial charge in [-0.2, -0.15) is 0 Å². The van der Waals surface area contributed by atoms with Gasteiger partial charge in [-0.1, -0.05) is 54.8 Å². The van der Waals surface area contributed by atoms with Crippen LogP contribution in [-0.4, -0.2) is 44.5 Å². The van der Waals surface area contributed by atoms with Gasteiger partial charge in [0.15, 0.2) is 11.5 Å². The van der Waals surface area contributed by atoms with E-state index < -0.39 is 11.9 Å². The first-order valence-corrected chi connectivity index (χ1v) is 13.6. The van der Waals surface area contributed by atoms with Crippen molar-refractivity contribution in [1.29, 1.82) is 0 Å². The van der Waals surface area contributed by atoms with Crippen LogP contribution in [-0.2, 0) is 22.7 Å². The Kier molecular flexibility index (Phi) is 7.31. The molecule has 2 heterocycles. The Morgan fingerprint density at radius 1 is 1.00 bits per heavy atom. The number of carbonyl (C=O) groups is 2. The van der Waals surface area contributed by atoms with E-state index in [0.29, 0.717) is 28.1 Å². The van der Waals surface area contributed by atoms with Crippen LogP contribution in [0.4, 0.5) is 4.39 Å². The maximum atomic E-state index is 14.1. The minimum atomic E-state index is -0.991. The van der Waals surface area contributed by atoms with Crippen molar-refractivity contribution in [2.45, 2.75) is 57.3 Å². The number of hydrogen-bond acceptors (Lipinski definition) is 6. The van der Waals surface area contributed by atoms with Crippen molar-refractivity contribution < 1.29 is 23.5 Å². The van der Waals surface area contributed by atoms with E-state index in [-0.39, 0.29) is 37.7 Å². The Hall–Kier alpha value is -4.47. The zero-order chi connectivity index (χ0) is 27.5. The number of benzene rings is 3. The summed E-state index contributed by atoms with van der Waals surface area (Å²) in [6.07, 6.45) is 5.02. The number of para-hydroxylation sites is 1. The molecule has 3 aromatic carbocycles. The fourth-order valence-corrected chi connectivity index (χ4v) is 5.46. The normalized spacial score (nSPS) is 15.6. The standard InChI is InChI=1S/C30H30FN5O4/c31-22-13-11-21(12-14-22)29(30(38)32-23-6-2-1-3-7-23)35(17-20-10-15-26-27(16-20)40-19-39-26)28(37)18-36-25-9-5-4-8-24(25)33-34-36/h4-5,8-16,23,29H,1-3,6-7,17-19H2,(H,32,38)/t29-/m1/s1. The van der Waals surface area contributed by atoms with Crippen LogP contribution in [0.5, 0.6) is 11.5 Å². The molecule has 1 atom stereocenters. The second-order valence-corrected chi connectivity index (χ2v) is 10.2. The second kappa shape index (κ2) is 11.3. The third-order valence-electron chi connectivity index (χ3n) is 7.51. The number of ether oxygens (including phenoxy) is 2. The zero-order valence-electron chi connectivity index (χ0n) is 22.0. The third-order valence-corrected chi connectivity index (χ3v) is 7.51. The van der Waals surface area contributed by atoms with Gasteiger partial charge >= 0.3 is 0 Å². The average molecular weight is 544 g/mol. The van der Waals surface area contributed by atoms with E-state index in [1.807, 2.05) is 36.4 Å². The average Bonchev–Trinajstić information content (AvgIpc) is 3.61. The first-order valence-electron chi connectivity index (χ1n) is 13.6. The number of nitrogens with zero attached hydrogens (tertiary/aromatic N) is 4. The van der Waals surface area contributed by atoms with Crippen molar-refractivity contribution >= 4 is 22.8 Å². The molecule has 4 aromatic rings. The van der Waals surface area contributed by atoms with Gasteiger partial charge in [0.25, 0.3) is 0 Å². The fourth-order valence-electron chi connectivity index (χ4n) is 5.46. The lowest BCUT2D eigenvalue weighted by Gasteiger charge is -2.33. The molecule has 2 aliphatic rings. The molecule has 1 saturated carbocycles. The molecule has 1 fully saturated rings. The minimum Gasteiger partial charge on any atom is -0.454 e. The van der Waals surface area contributed by atoms with E-state index >= 15 is 0 Å². The van der Waals surface area contributed by atoms with E-state index in [4.69, 9.17) is 9.47 Å². The molecule has 206 valence electrons. The van der Waals surface area contributed by atoms with Gasteiger partial charge in [0, 0.05) is 12.6 Å². The summed E-state index contributed by atoms with van der Waals surface area (Å²) in [5, 5.41) is 11.5. The van der Waals surface area contributed by atoms with Crippen LogP contribution >= 0.6 is 0 Å². The molecular formula is C30H30FN5O4.